The standard InChI is InChI=1S/C16H20O2S/c1-2-11-4-3-5-12(8-11)16(17)13-9-14-6-7-15(10-13)19(14)18/h3-5,8,13-15H,2,6-7,9-10H2,1H3. The van der Waals surface area contributed by atoms with Crippen molar-refractivity contribution in [1.29, 1.82) is 0 Å². The largest absolute Gasteiger partial charge is 0.294 e. The van der Waals surface area contributed by atoms with E-state index in [-0.39, 0.29) is 22.2 Å². The Hall–Kier alpha value is -0.960. The minimum absolute atomic E-state index is 0.0994. The molecule has 0 aromatic heterocycles. The monoisotopic (exact) mass is 276 g/mol. The number of fused-ring (bicyclic) bond motifs is 2. The molecule has 0 N–H and O–H groups in total. The third-order valence-corrected chi connectivity index (χ3v) is 6.72. The van der Waals surface area contributed by atoms with Crippen LogP contribution in [0.5, 0.6) is 0 Å². The van der Waals surface area contributed by atoms with Crippen molar-refractivity contribution in [3.05, 3.63) is 35.4 Å². The van der Waals surface area contributed by atoms with Gasteiger partial charge in [0.2, 0.25) is 0 Å². The van der Waals surface area contributed by atoms with E-state index in [2.05, 4.69) is 13.0 Å². The fourth-order valence-corrected chi connectivity index (χ4v) is 5.55. The van der Waals surface area contributed by atoms with Crippen LogP contribution in [0.2, 0.25) is 0 Å². The van der Waals surface area contributed by atoms with Gasteiger partial charge in [0.25, 0.3) is 0 Å². The fraction of sp³-hybridized carbons (Fsp3) is 0.562. The molecule has 2 atom stereocenters. The Bertz CT molecular complexity index is 507. The van der Waals surface area contributed by atoms with Gasteiger partial charge in [-0.1, -0.05) is 25.1 Å². The minimum Gasteiger partial charge on any atom is -0.294 e. The van der Waals surface area contributed by atoms with Crippen LogP contribution in [-0.2, 0) is 17.2 Å². The van der Waals surface area contributed by atoms with Gasteiger partial charge in [-0.15, -0.1) is 0 Å². The fourth-order valence-electron chi connectivity index (χ4n) is 3.43. The molecule has 0 saturated carbocycles. The number of aryl methyl sites for hydroxylation is 1. The van der Waals surface area contributed by atoms with Crippen LogP contribution in [0, 0.1) is 5.92 Å². The van der Waals surface area contributed by atoms with E-state index in [1.807, 2.05) is 18.2 Å². The summed E-state index contributed by atoms with van der Waals surface area (Å²) in [4.78, 5) is 12.6. The summed E-state index contributed by atoms with van der Waals surface area (Å²) in [6, 6.07) is 7.99. The van der Waals surface area contributed by atoms with E-state index in [0.717, 1.165) is 37.7 Å². The first kappa shape index (κ1) is 13.0. The Balaban J connectivity index is 1.79. The van der Waals surface area contributed by atoms with Crippen molar-refractivity contribution in [2.75, 3.05) is 0 Å². The summed E-state index contributed by atoms with van der Waals surface area (Å²) in [6.07, 6.45) is 4.73. The van der Waals surface area contributed by atoms with Crippen molar-refractivity contribution in [2.24, 2.45) is 5.92 Å². The maximum absolute atomic E-state index is 12.6. The maximum atomic E-state index is 12.6. The summed E-state index contributed by atoms with van der Waals surface area (Å²) in [7, 11) is -0.670. The Morgan fingerprint density at radius 2 is 1.95 bits per heavy atom. The van der Waals surface area contributed by atoms with E-state index < -0.39 is 10.8 Å². The lowest BCUT2D eigenvalue weighted by molar-refractivity contribution is 0.0906. The lowest BCUT2D eigenvalue weighted by atomic mass is 9.89. The van der Waals surface area contributed by atoms with Gasteiger partial charge >= 0.3 is 0 Å². The van der Waals surface area contributed by atoms with Gasteiger partial charge in [0.15, 0.2) is 5.78 Å². The highest BCUT2D eigenvalue weighted by Crippen LogP contribution is 2.39. The Morgan fingerprint density at radius 1 is 1.26 bits per heavy atom. The molecule has 2 unspecified atom stereocenters. The van der Waals surface area contributed by atoms with Crippen molar-refractivity contribution in [2.45, 2.75) is 49.5 Å². The summed E-state index contributed by atoms with van der Waals surface area (Å²) >= 11 is 0. The van der Waals surface area contributed by atoms with Gasteiger partial charge in [-0.3, -0.25) is 9.00 Å². The molecule has 0 radical (unpaired) electrons. The minimum atomic E-state index is -0.670. The number of carbonyl (C=O) groups excluding carboxylic acids is 1. The zero-order valence-corrected chi connectivity index (χ0v) is 12.1. The zero-order chi connectivity index (χ0) is 13.4. The molecule has 1 aromatic carbocycles. The van der Waals surface area contributed by atoms with Crippen molar-refractivity contribution >= 4 is 16.6 Å². The average molecular weight is 276 g/mol. The SMILES string of the molecule is CCc1cccc(C(=O)C2CC3CCC(C2)S3=O)c1. The molecule has 3 heteroatoms. The van der Waals surface area contributed by atoms with Crippen molar-refractivity contribution in [3.8, 4) is 0 Å². The van der Waals surface area contributed by atoms with Crippen LogP contribution in [0.4, 0.5) is 0 Å². The summed E-state index contributed by atoms with van der Waals surface area (Å²) in [6.45, 7) is 2.10. The number of rotatable bonds is 3. The van der Waals surface area contributed by atoms with Crippen molar-refractivity contribution in [1.82, 2.24) is 0 Å². The molecule has 2 fully saturated rings. The van der Waals surface area contributed by atoms with Crippen LogP contribution in [0.25, 0.3) is 0 Å². The first-order valence-electron chi connectivity index (χ1n) is 7.21. The first-order valence-corrected chi connectivity index (χ1v) is 8.49. The Labute approximate surface area is 117 Å². The molecule has 19 heavy (non-hydrogen) atoms. The molecule has 2 heterocycles. The molecule has 2 aliphatic rings. The van der Waals surface area contributed by atoms with Gasteiger partial charge in [0, 0.05) is 32.8 Å². The molecule has 0 spiro atoms. The highest BCUT2D eigenvalue weighted by Gasteiger charge is 2.42. The molecule has 0 amide bonds. The second kappa shape index (κ2) is 5.20. The molecule has 2 nitrogen and oxygen atoms in total. The normalized spacial score (nSPS) is 33.3. The number of benzene rings is 1. The van der Waals surface area contributed by atoms with E-state index in [4.69, 9.17) is 0 Å². The molecular formula is C16H20O2S. The van der Waals surface area contributed by atoms with Gasteiger partial charge in [0.05, 0.1) is 0 Å². The first-order chi connectivity index (χ1) is 9.19. The molecular weight excluding hydrogens is 256 g/mol. The van der Waals surface area contributed by atoms with Crippen LogP contribution in [-0.4, -0.2) is 20.5 Å². The average Bonchev–Trinajstić information content (AvgIpc) is 2.68. The highest BCUT2D eigenvalue weighted by atomic mass is 32.2. The van der Waals surface area contributed by atoms with E-state index in [1.54, 1.807) is 0 Å². The van der Waals surface area contributed by atoms with Gasteiger partial charge in [0.1, 0.15) is 0 Å². The van der Waals surface area contributed by atoms with E-state index >= 15 is 0 Å². The summed E-state index contributed by atoms with van der Waals surface area (Å²) in [5, 5.41) is 0.559. The topological polar surface area (TPSA) is 34.1 Å². The number of hydrogen-bond donors (Lipinski definition) is 0. The summed E-state index contributed by atoms with van der Waals surface area (Å²) in [5.74, 6) is 0.367. The number of Topliss-reactive ketones (excluding diaryl/α,β-unsaturated/α-hetero) is 1. The number of carbonyl (C=O) groups is 1. The Kier molecular flexibility index (Phi) is 3.57. The van der Waals surface area contributed by atoms with Gasteiger partial charge in [-0.25, -0.2) is 0 Å². The lowest BCUT2D eigenvalue weighted by Gasteiger charge is -2.26. The molecule has 102 valence electrons. The smallest absolute Gasteiger partial charge is 0.166 e. The third kappa shape index (κ3) is 2.40. The van der Waals surface area contributed by atoms with Crippen molar-refractivity contribution < 1.29 is 9.00 Å². The molecule has 0 aliphatic carbocycles. The van der Waals surface area contributed by atoms with E-state index in [9.17, 15) is 9.00 Å². The van der Waals surface area contributed by atoms with Crippen LogP contribution < -0.4 is 0 Å². The molecule has 3 rings (SSSR count). The summed E-state index contributed by atoms with van der Waals surface area (Å²) in [5.41, 5.74) is 2.06. The third-order valence-electron chi connectivity index (χ3n) is 4.55. The van der Waals surface area contributed by atoms with Crippen LogP contribution in [0.15, 0.2) is 24.3 Å². The molecule has 2 bridgehead atoms. The quantitative estimate of drug-likeness (QED) is 0.795. The predicted octanol–water partition coefficient (Wildman–Crippen LogP) is 3.12. The van der Waals surface area contributed by atoms with Gasteiger partial charge in [-0.2, -0.15) is 0 Å². The van der Waals surface area contributed by atoms with Crippen LogP contribution >= 0.6 is 0 Å². The zero-order valence-electron chi connectivity index (χ0n) is 11.3. The van der Waals surface area contributed by atoms with Gasteiger partial charge < -0.3 is 0 Å². The van der Waals surface area contributed by atoms with Crippen LogP contribution in [0.3, 0.4) is 0 Å². The second-order valence-electron chi connectivity index (χ2n) is 5.74. The maximum Gasteiger partial charge on any atom is 0.166 e. The van der Waals surface area contributed by atoms with Crippen LogP contribution in [0.1, 0.15) is 48.5 Å². The molecule has 2 saturated heterocycles. The van der Waals surface area contributed by atoms with E-state index in [0.29, 0.717) is 0 Å². The molecule has 1 aromatic rings. The van der Waals surface area contributed by atoms with Gasteiger partial charge in [-0.05, 0) is 43.7 Å². The van der Waals surface area contributed by atoms with E-state index in [1.165, 1.54) is 5.56 Å². The number of hydrogen-bond acceptors (Lipinski definition) is 2. The predicted molar refractivity (Wildman–Crippen MR) is 77.8 cm³/mol. The van der Waals surface area contributed by atoms with Crippen molar-refractivity contribution in [3.63, 3.8) is 0 Å². The highest BCUT2D eigenvalue weighted by molar-refractivity contribution is 7.86. The second-order valence-corrected chi connectivity index (χ2v) is 7.73. The summed E-state index contributed by atoms with van der Waals surface area (Å²) < 4.78 is 12.0. The lowest BCUT2D eigenvalue weighted by Crippen LogP contribution is -2.32. The number of ketones is 1. The Morgan fingerprint density at radius 3 is 2.58 bits per heavy atom. The molecule has 2 aliphatic heterocycles.